The predicted octanol–water partition coefficient (Wildman–Crippen LogP) is 0.143. The summed E-state index contributed by atoms with van der Waals surface area (Å²) in [6, 6.07) is -0.312. The van der Waals surface area contributed by atoms with Crippen molar-refractivity contribution in [2.24, 2.45) is 5.10 Å². The van der Waals surface area contributed by atoms with Crippen molar-refractivity contribution in [2.75, 3.05) is 5.73 Å². The molecular weight excluding hydrogens is 526 g/mol. The lowest BCUT2D eigenvalue weighted by Gasteiger charge is -2.43. The largest absolute Gasteiger partial charge is 0.504 e. The first-order chi connectivity index (χ1) is 17.4. The number of phenolic OH excluding ortho intramolecular Hbond substituents is 2. The number of amides is 4. The molecule has 2 aliphatic heterocycles. The zero-order chi connectivity index (χ0) is 27.1. The van der Waals surface area contributed by atoms with Gasteiger partial charge in [0.05, 0.1) is 11.9 Å². The second-order valence-electron chi connectivity index (χ2n) is 8.72. The highest BCUT2D eigenvalue weighted by Gasteiger charge is 2.64. The summed E-state index contributed by atoms with van der Waals surface area (Å²) >= 11 is 2.32. The fourth-order valence-corrected chi connectivity index (χ4v) is 6.25. The molecule has 0 spiro atoms. The molecule has 2 aromatic rings. The van der Waals surface area contributed by atoms with Crippen LogP contribution in [0.15, 0.2) is 28.7 Å². The number of anilines is 1. The summed E-state index contributed by atoms with van der Waals surface area (Å²) in [5, 5.41) is 38.3. The van der Waals surface area contributed by atoms with Crippen molar-refractivity contribution in [1.29, 1.82) is 0 Å². The Bertz CT molecular complexity index is 1300. The number of rotatable bonds is 7. The molecule has 8 N–H and O–H groups in total. The first-order valence-corrected chi connectivity index (χ1v) is 12.5. The van der Waals surface area contributed by atoms with E-state index in [9.17, 15) is 34.5 Å². The third kappa shape index (κ3) is 5.10. The van der Waals surface area contributed by atoms with Crippen LogP contribution in [0.2, 0.25) is 0 Å². The molecule has 2 saturated heterocycles. The lowest BCUT2D eigenvalue weighted by Crippen LogP contribution is -2.71. The monoisotopic (exact) mass is 549 g/mol. The third-order valence-corrected chi connectivity index (χ3v) is 7.99. The number of aliphatic carboxylic acids is 1. The van der Waals surface area contributed by atoms with Gasteiger partial charge < -0.3 is 36.6 Å². The molecule has 16 heteroatoms. The SMILES string of the molecule is CC1(C)S[C@@H]2C(NC(=O)C(NC(=O)N/N=C/c3ccc(O)c(O)c3)c3csc(N)n3)C(=O)N2[C@H]1C(=O)O. The van der Waals surface area contributed by atoms with Crippen LogP contribution in [0.5, 0.6) is 11.5 Å². The Labute approximate surface area is 217 Å². The van der Waals surface area contributed by atoms with E-state index in [-0.39, 0.29) is 22.3 Å². The highest BCUT2D eigenvalue weighted by molar-refractivity contribution is 8.01. The van der Waals surface area contributed by atoms with Crippen LogP contribution in [0.4, 0.5) is 9.93 Å². The van der Waals surface area contributed by atoms with Gasteiger partial charge in [0.25, 0.3) is 0 Å². The Hall–Kier alpha value is -4.05. The number of hydrogen-bond donors (Lipinski definition) is 7. The molecule has 14 nitrogen and oxygen atoms in total. The van der Waals surface area contributed by atoms with Crippen LogP contribution in [-0.2, 0) is 14.4 Å². The number of thiazole rings is 1. The molecule has 1 aromatic heterocycles. The molecule has 196 valence electrons. The van der Waals surface area contributed by atoms with Crippen molar-refractivity contribution in [2.45, 2.75) is 42.1 Å². The summed E-state index contributed by atoms with van der Waals surface area (Å²) in [5.41, 5.74) is 8.37. The fourth-order valence-electron chi connectivity index (χ4n) is 4.04. The summed E-state index contributed by atoms with van der Waals surface area (Å²) in [6.45, 7) is 3.43. The van der Waals surface area contributed by atoms with Crippen LogP contribution in [0.3, 0.4) is 0 Å². The van der Waals surface area contributed by atoms with Crippen molar-refractivity contribution in [3.05, 3.63) is 34.8 Å². The minimum Gasteiger partial charge on any atom is -0.504 e. The summed E-state index contributed by atoms with van der Waals surface area (Å²) < 4.78 is -0.765. The van der Waals surface area contributed by atoms with Crippen LogP contribution < -0.4 is 21.8 Å². The quantitative estimate of drug-likeness (QED) is 0.107. The Morgan fingerprint density at radius 3 is 2.62 bits per heavy atom. The molecule has 0 bridgehead atoms. The topological polar surface area (TPSA) is 220 Å². The number of nitrogens with zero attached hydrogens (tertiary/aromatic N) is 3. The van der Waals surface area contributed by atoms with E-state index in [0.717, 1.165) is 11.3 Å². The average Bonchev–Trinajstić information content (AvgIpc) is 3.36. The molecule has 1 aromatic carbocycles. The highest BCUT2D eigenvalue weighted by atomic mass is 32.2. The van der Waals surface area contributed by atoms with Crippen molar-refractivity contribution >= 4 is 58.3 Å². The second-order valence-corrected chi connectivity index (χ2v) is 11.4. The summed E-state index contributed by atoms with van der Waals surface area (Å²) in [4.78, 5) is 55.3. The van der Waals surface area contributed by atoms with Crippen LogP contribution in [0.1, 0.15) is 31.1 Å². The minimum absolute atomic E-state index is 0.133. The van der Waals surface area contributed by atoms with Crippen LogP contribution in [-0.4, -0.2) is 77.4 Å². The number of carboxylic acids is 1. The molecular formula is C21H23N7O7S2. The van der Waals surface area contributed by atoms with Gasteiger partial charge in [-0.2, -0.15) is 5.10 Å². The van der Waals surface area contributed by atoms with E-state index in [1.165, 1.54) is 46.5 Å². The number of hydrazone groups is 1. The zero-order valence-electron chi connectivity index (χ0n) is 19.4. The molecule has 0 aliphatic carbocycles. The van der Waals surface area contributed by atoms with E-state index in [0.29, 0.717) is 5.56 Å². The van der Waals surface area contributed by atoms with E-state index in [4.69, 9.17) is 5.73 Å². The molecule has 37 heavy (non-hydrogen) atoms. The Morgan fingerprint density at radius 2 is 2.00 bits per heavy atom. The average molecular weight is 550 g/mol. The van der Waals surface area contributed by atoms with E-state index >= 15 is 0 Å². The molecule has 2 fully saturated rings. The van der Waals surface area contributed by atoms with Gasteiger partial charge in [-0.3, -0.25) is 9.59 Å². The van der Waals surface area contributed by atoms with E-state index < -0.39 is 52.1 Å². The lowest BCUT2D eigenvalue weighted by molar-refractivity contribution is -0.161. The molecule has 4 atom stereocenters. The molecule has 4 amide bonds. The molecule has 3 heterocycles. The number of thioether (sulfide) groups is 1. The van der Waals surface area contributed by atoms with Gasteiger partial charge in [0.15, 0.2) is 22.7 Å². The maximum Gasteiger partial charge on any atom is 0.336 e. The number of carbonyl (C=O) groups excluding carboxylic acids is 3. The lowest BCUT2D eigenvalue weighted by atomic mass is 9.96. The second kappa shape index (κ2) is 9.78. The van der Waals surface area contributed by atoms with Crippen LogP contribution in [0.25, 0.3) is 0 Å². The summed E-state index contributed by atoms with van der Waals surface area (Å²) in [6.07, 6.45) is 1.20. The zero-order valence-corrected chi connectivity index (χ0v) is 21.0. The standard InChI is InChI=1S/C21H23N7O7S2/c1-21(2)14(18(33)34)28-16(32)13(17(28)37-21)25-15(31)12(9-7-36-19(22)24-9)26-20(35)27-23-6-8-3-4-10(29)11(30)5-8/h3-7,12-14,17,29-30H,1-2H3,(H2,22,24)(H,25,31)(H,33,34)(H2,26,27,35)/b23-6+/t12?,13?,14-,17+/m0/s1. The maximum absolute atomic E-state index is 13.2. The predicted molar refractivity (Wildman–Crippen MR) is 134 cm³/mol. The van der Waals surface area contributed by atoms with Crippen molar-refractivity contribution in [3.63, 3.8) is 0 Å². The Kier molecular flexibility index (Phi) is 6.88. The number of carbonyl (C=O) groups is 4. The number of aromatic hydroxyl groups is 2. The number of β-lactam (4-membered cyclic amide) rings is 1. The number of benzene rings is 1. The normalized spacial score (nSPS) is 22.7. The number of nitrogens with one attached hydrogen (secondary N) is 3. The van der Waals surface area contributed by atoms with Crippen LogP contribution in [0, 0.1) is 0 Å². The van der Waals surface area contributed by atoms with Gasteiger partial charge >= 0.3 is 12.0 Å². The van der Waals surface area contributed by atoms with Crippen molar-refractivity contribution in [1.82, 2.24) is 25.9 Å². The van der Waals surface area contributed by atoms with Gasteiger partial charge in [0, 0.05) is 10.1 Å². The molecule has 0 saturated carbocycles. The van der Waals surface area contributed by atoms with Gasteiger partial charge in [0.2, 0.25) is 11.8 Å². The summed E-state index contributed by atoms with van der Waals surface area (Å²) in [7, 11) is 0. The third-order valence-electron chi connectivity index (χ3n) is 5.72. The van der Waals surface area contributed by atoms with Gasteiger partial charge in [-0.05, 0) is 37.6 Å². The minimum atomic E-state index is -1.34. The smallest absolute Gasteiger partial charge is 0.336 e. The van der Waals surface area contributed by atoms with Gasteiger partial charge in [-0.15, -0.1) is 23.1 Å². The molecule has 0 radical (unpaired) electrons. The molecule has 2 aliphatic rings. The number of nitrogens with two attached hydrogens (primary N) is 1. The number of hydrogen-bond acceptors (Lipinski definition) is 11. The van der Waals surface area contributed by atoms with E-state index in [1.54, 1.807) is 13.8 Å². The molecule has 4 rings (SSSR count). The highest BCUT2D eigenvalue weighted by Crippen LogP contribution is 2.50. The van der Waals surface area contributed by atoms with Gasteiger partial charge in [-0.25, -0.2) is 20.0 Å². The number of aromatic nitrogens is 1. The van der Waals surface area contributed by atoms with Gasteiger partial charge in [-0.1, -0.05) is 0 Å². The number of fused-ring (bicyclic) bond motifs is 1. The Balaban J connectivity index is 1.44. The maximum atomic E-state index is 13.2. The Morgan fingerprint density at radius 1 is 1.27 bits per heavy atom. The van der Waals surface area contributed by atoms with E-state index in [2.05, 4.69) is 26.1 Å². The first-order valence-electron chi connectivity index (χ1n) is 10.7. The van der Waals surface area contributed by atoms with Crippen molar-refractivity contribution in [3.8, 4) is 11.5 Å². The fraction of sp³-hybridized carbons (Fsp3) is 0.333. The first kappa shape index (κ1) is 26.0. The number of phenols is 2. The number of carboxylic acid groups (broad SMARTS) is 1. The molecule has 2 unspecified atom stereocenters. The number of nitrogen functional groups attached to an aromatic ring is 1. The van der Waals surface area contributed by atoms with Gasteiger partial charge in [0.1, 0.15) is 17.5 Å². The van der Waals surface area contributed by atoms with Crippen molar-refractivity contribution < 1.29 is 34.5 Å². The summed E-state index contributed by atoms with van der Waals surface area (Å²) in [5.74, 6) is -3.09. The van der Waals surface area contributed by atoms with Crippen LogP contribution >= 0.6 is 23.1 Å². The van der Waals surface area contributed by atoms with E-state index in [1.807, 2.05) is 0 Å². The number of urea groups is 1.